The molecule has 0 unspecified atom stereocenters. The molecule has 0 aliphatic heterocycles. The molecule has 0 spiro atoms. The number of anilines is 1. The Labute approximate surface area is 198 Å². The van der Waals surface area contributed by atoms with Crippen LogP contribution in [0.25, 0.3) is 33.3 Å². The van der Waals surface area contributed by atoms with E-state index in [0.717, 1.165) is 33.2 Å². The summed E-state index contributed by atoms with van der Waals surface area (Å²) in [6, 6.07) is 25.7. The van der Waals surface area contributed by atoms with Crippen LogP contribution in [-0.4, -0.2) is 17.5 Å². The van der Waals surface area contributed by atoms with Crippen LogP contribution in [0.3, 0.4) is 0 Å². The second kappa shape index (κ2) is 9.02. The Bertz CT molecular complexity index is 1500. The molecule has 1 N–H and O–H groups in total. The zero-order valence-electron chi connectivity index (χ0n) is 19.5. The van der Waals surface area contributed by atoms with Gasteiger partial charge in [0.25, 0.3) is 5.91 Å². The highest BCUT2D eigenvalue weighted by Gasteiger charge is 2.14. The van der Waals surface area contributed by atoms with Crippen LogP contribution in [0, 0.1) is 6.92 Å². The second-order valence-corrected chi connectivity index (χ2v) is 8.76. The van der Waals surface area contributed by atoms with E-state index in [2.05, 4.69) is 54.5 Å². The van der Waals surface area contributed by atoms with E-state index in [4.69, 9.17) is 9.15 Å². The summed E-state index contributed by atoms with van der Waals surface area (Å²) in [5.41, 5.74) is 5.11. The Morgan fingerprint density at radius 1 is 1.00 bits per heavy atom. The fourth-order valence-electron chi connectivity index (χ4n) is 4.12. The maximum Gasteiger partial charge on any atom is 0.262 e. The Balaban J connectivity index is 1.33. The molecule has 0 fully saturated rings. The normalized spacial score (nSPS) is 11.3. The first kappa shape index (κ1) is 21.7. The second-order valence-electron chi connectivity index (χ2n) is 8.76. The first-order valence-corrected chi connectivity index (χ1v) is 11.4. The summed E-state index contributed by atoms with van der Waals surface area (Å²) in [4.78, 5) is 17.3. The fourth-order valence-corrected chi connectivity index (χ4v) is 4.12. The molecule has 1 heterocycles. The highest BCUT2D eigenvalue weighted by molar-refractivity contribution is 5.97. The van der Waals surface area contributed by atoms with Gasteiger partial charge < -0.3 is 14.5 Å². The van der Waals surface area contributed by atoms with Gasteiger partial charge in [0.05, 0.1) is 0 Å². The first-order valence-electron chi connectivity index (χ1n) is 11.4. The summed E-state index contributed by atoms with van der Waals surface area (Å²) < 4.78 is 11.9. The monoisotopic (exact) mass is 450 g/mol. The number of carbonyl (C=O) groups is 1. The van der Waals surface area contributed by atoms with Crippen molar-refractivity contribution in [1.29, 1.82) is 0 Å². The van der Waals surface area contributed by atoms with Gasteiger partial charge in [0.1, 0.15) is 11.3 Å². The third-order valence-corrected chi connectivity index (χ3v) is 5.84. The van der Waals surface area contributed by atoms with Gasteiger partial charge in [-0.15, -0.1) is 0 Å². The van der Waals surface area contributed by atoms with Gasteiger partial charge in [0.2, 0.25) is 5.89 Å². The number of amides is 1. The average molecular weight is 451 g/mol. The fraction of sp³-hybridized carbons (Fsp3) is 0.172. The molecule has 5 rings (SSSR count). The van der Waals surface area contributed by atoms with Crippen LogP contribution in [-0.2, 0) is 4.79 Å². The molecule has 1 amide bonds. The van der Waals surface area contributed by atoms with Crippen LogP contribution in [0.4, 0.5) is 5.69 Å². The van der Waals surface area contributed by atoms with Crippen molar-refractivity contribution in [2.75, 3.05) is 11.9 Å². The van der Waals surface area contributed by atoms with Gasteiger partial charge >= 0.3 is 0 Å². The van der Waals surface area contributed by atoms with Gasteiger partial charge in [0.15, 0.2) is 12.2 Å². The van der Waals surface area contributed by atoms with Crippen LogP contribution in [0.1, 0.15) is 30.9 Å². The standard InChI is InChI=1S/C29H26N2O3/c1-18(2)22-13-11-19(3)15-27(22)33-17-28(32)30-21-12-14-26-25(16-21)31-29(34-26)24-10-6-8-20-7-4-5-9-23(20)24/h4-16,18H,17H2,1-3H3,(H,30,32). The van der Waals surface area contributed by atoms with Crippen molar-refractivity contribution >= 4 is 33.5 Å². The van der Waals surface area contributed by atoms with Gasteiger partial charge in [-0.05, 0) is 65.1 Å². The van der Waals surface area contributed by atoms with Crippen molar-refractivity contribution < 1.29 is 13.9 Å². The lowest BCUT2D eigenvalue weighted by atomic mass is 10.0. The molecule has 0 saturated heterocycles. The molecule has 4 aromatic carbocycles. The first-order chi connectivity index (χ1) is 16.5. The van der Waals surface area contributed by atoms with E-state index in [1.165, 1.54) is 0 Å². The number of hydrogen-bond acceptors (Lipinski definition) is 4. The summed E-state index contributed by atoms with van der Waals surface area (Å²) in [6.45, 7) is 6.16. The molecule has 0 saturated carbocycles. The molecule has 5 heteroatoms. The molecule has 170 valence electrons. The van der Waals surface area contributed by atoms with Crippen LogP contribution in [0.5, 0.6) is 5.75 Å². The van der Waals surface area contributed by atoms with E-state index in [1.807, 2.05) is 55.5 Å². The van der Waals surface area contributed by atoms with Crippen LogP contribution in [0.2, 0.25) is 0 Å². The van der Waals surface area contributed by atoms with E-state index in [1.54, 1.807) is 0 Å². The van der Waals surface area contributed by atoms with Gasteiger partial charge in [-0.1, -0.05) is 62.4 Å². The van der Waals surface area contributed by atoms with Gasteiger partial charge in [-0.25, -0.2) is 4.98 Å². The smallest absolute Gasteiger partial charge is 0.262 e. The molecule has 0 bridgehead atoms. The molecular weight excluding hydrogens is 424 g/mol. The Kier molecular flexibility index (Phi) is 5.76. The number of oxazole rings is 1. The third kappa shape index (κ3) is 4.37. The largest absolute Gasteiger partial charge is 0.483 e. The molecule has 1 aromatic heterocycles. The molecule has 0 atom stereocenters. The van der Waals surface area contributed by atoms with Crippen molar-refractivity contribution in [2.24, 2.45) is 0 Å². The van der Waals surface area contributed by atoms with Crippen LogP contribution in [0.15, 0.2) is 83.3 Å². The van der Waals surface area contributed by atoms with E-state index in [9.17, 15) is 4.79 Å². The third-order valence-electron chi connectivity index (χ3n) is 5.84. The lowest BCUT2D eigenvalue weighted by Gasteiger charge is -2.14. The maximum atomic E-state index is 12.6. The zero-order valence-corrected chi connectivity index (χ0v) is 19.5. The minimum atomic E-state index is -0.228. The number of ether oxygens (including phenoxy) is 1. The molecule has 5 aromatic rings. The van der Waals surface area contributed by atoms with Crippen LogP contribution >= 0.6 is 0 Å². The minimum absolute atomic E-state index is 0.0682. The quantitative estimate of drug-likeness (QED) is 0.300. The Morgan fingerprint density at radius 2 is 1.82 bits per heavy atom. The lowest BCUT2D eigenvalue weighted by Crippen LogP contribution is -2.20. The van der Waals surface area contributed by atoms with Crippen molar-refractivity contribution in [1.82, 2.24) is 4.98 Å². The van der Waals surface area contributed by atoms with Crippen molar-refractivity contribution in [3.05, 3.63) is 90.0 Å². The number of aromatic nitrogens is 1. The molecule has 0 radical (unpaired) electrons. The number of nitrogens with zero attached hydrogens (tertiary/aromatic N) is 1. The maximum absolute atomic E-state index is 12.6. The molecular formula is C29H26N2O3. The topological polar surface area (TPSA) is 64.4 Å². The van der Waals surface area contributed by atoms with Crippen molar-refractivity contribution in [2.45, 2.75) is 26.7 Å². The van der Waals surface area contributed by atoms with Gasteiger partial charge in [-0.3, -0.25) is 4.79 Å². The van der Waals surface area contributed by atoms with E-state index in [0.29, 0.717) is 28.6 Å². The number of fused-ring (bicyclic) bond motifs is 2. The Hall–Kier alpha value is -4.12. The van der Waals surface area contributed by atoms with Crippen molar-refractivity contribution in [3.8, 4) is 17.2 Å². The van der Waals surface area contributed by atoms with E-state index >= 15 is 0 Å². The summed E-state index contributed by atoms with van der Waals surface area (Å²) >= 11 is 0. The SMILES string of the molecule is Cc1ccc(C(C)C)c(OCC(=O)Nc2ccc3oc(-c4cccc5ccccc45)nc3c2)c1. The number of carbonyl (C=O) groups excluding carboxylic acids is 1. The average Bonchev–Trinajstić information content (AvgIpc) is 3.25. The number of benzene rings is 4. The number of hydrogen-bond donors (Lipinski definition) is 1. The van der Waals surface area contributed by atoms with E-state index < -0.39 is 0 Å². The van der Waals surface area contributed by atoms with Gasteiger partial charge in [-0.2, -0.15) is 0 Å². The highest BCUT2D eigenvalue weighted by Crippen LogP contribution is 2.31. The van der Waals surface area contributed by atoms with Gasteiger partial charge in [0, 0.05) is 11.3 Å². The van der Waals surface area contributed by atoms with Crippen molar-refractivity contribution in [3.63, 3.8) is 0 Å². The molecule has 0 aliphatic rings. The predicted octanol–water partition coefficient (Wildman–Crippen LogP) is 7.10. The summed E-state index contributed by atoms with van der Waals surface area (Å²) in [7, 11) is 0. The highest BCUT2D eigenvalue weighted by atomic mass is 16.5. The Morgan fingerprint density at radius 3 is 2.68 bits per heavy atom. The minimum Gasteiger partial charge on any atom is -0.483 e. The van der Waals surface area contributed by atoms with Crippen LogP contribution < -0.4 is 10.1 Å². The summed E-state index contributed by atoms with van der Waals surface area (Å²) in [5.74, 6) is 1.38. The number of aryl methyl sites for hydroxylation is 1. The molecule has 0 aliphatic carbocycles. The zero-order chi connectivity index (χ0) is 23.7. The number of rotatable bonds is 6. The molecule has 34 heavy (non-hydrogen) atoms. The predicted molar refractivity (Wildman–Crippen MR) is 136 cm³/mol. The molecule has 5 nitrogen and oxygen atoms in total. The summed E-state index contributed by atoms with van der Waals surface area (Å²) in [5, 5.41) is 5.11. The number of nitrogens with one attached hydrogen (secondary N) is 1. The van der Waals surface area contributed by atoms with E-state index in [-0.39, 0.29) is 12.5 Å². The lowest BCUT2D eigenvalue weighted by molar-refractivity contribution is -0.118. The summed E-state index contributed by atoms with van der Waals surface area (Å²) in [6.07, 6.45) is 0.